The highest BCUT2D eigenvalue weighted by Gasteiger charge is 2.21. The molecule has 3 aromatic heterocycles. The zero-order chi connectivity index (χ0) is 13.7. The molecule has 5 nitrogen and oxygen atoms in total. The molecule has 0 bridgehead atoms. The highest BCUT2D eigenvalue weighted by Crippen LogP contribution is 2.37. The van der Waals surface area contributed by atoms with Gasteiger partial charge in [0.05, 0.1) is 15.9 Å². The molecule has 102 valence electrons. The van der Waals surface area contributed by atoms with Crippen LogP contribution >= 0.6 is 11.3 Å². The third kappa shape index (κ3) is 1.67. The summed E-state index contributed by atoms with van der Waals surface area (Å²) >= 11 is 1.63. The average Bonchev–Trinajstić information content (AvgIpc) is 2.78. The first-order valence-electron chi connectivity index (χ1n) is 6.87. The van der Waals surface area contributed by atoms with Crippen molar-refractivity contribution in [3.05, 3.63) is 17.6 Å². The minimum Gasteiger partial charge on any atom is -0.366 e. The maximum Gasteiger partial charge on any atom is 0.149 e. The first-order chi connectivity index (χ1) is 9.74. The van der Waals surface area contributed by atoms with E-state index < -0.39 is 0 Å². The Morgan fingerprint density at radius 1 is 1.20 bits per heavy atom. The summed E-state index contributed by atoms with van der Waals surface area (Å²) in [6.45, 7) is 4.07. The van der Waals surface area contributed by atoms with Crippen molar-refractivity contribution in [2.75, 3.05) is 5.32 Å². The van der Waals surface area contributed by atoms with E-state index in [-0.39, 0.29) is 0 Å². The number of thiophene rings is 1. The van der Waals surface area contributed by atoms with Crippen LogP contribution in [0, 0.1) is 13.8 Å². The van der Waals surface area contributed by atoms with Crippen molar-refractivity contribution >= 4 is 37.6 Å². The Labute approximate surface area is 120 Å². The van der Waals surface area contributed by atoms with Crippen LogP contribution in [0.3, 0.4) is 0 Å². The van der Waals surface area contributed by atoms with Crippen molar-refractivity contribution < 1.29 is 0 Å². The van der Waals surface area contributed by atoms with Gasteiger partial charge in [-0.05, 0) is 38.7 Å². The third-order valence-electron chi connectivity index (χ3n) is 4.11. The molecule has 1 aliphatic carbocycles. The molecule has 1 saturated carbocycles. The Kier molecular flexibility index (Phi) is 2.60. The molecule has 0 spiro atoms. The average molecular weight is 285 g/mol. The summed E-state index contributed by atoms with van der Waals surface area (Å²) < 4.78 is 1.09. The molecule has 3 aromatic rings. The lowest BCUT2D eigenvalue weighted by atomic mass is 9.93. The molecule has 0 unspecified atom stereocenters. The van der Waals surface area contributed by atoms with Crippen LogP contribution in [0.1, 0.15) is 30.5 Å². The Morgan fingerprint density at radius 3 is 2.80 bits per heavy atom. The number of nitrogens with zero attached hydrogens (tertiary/aromatic N) is 4. The standard InChI is InChI=1S/C14H15N5S/c1-7-8(2)18-19-14-10(7)11-12(20-14)13(16-6-15-11)17-9-4-3-5-9/h6,9H,3-5H2,1-2H3,(H,15,16,17). The van der Waals surface area contributed by atoms with E-state index in [1.807, 2.05) is 6.92 Å². The van der Waals surface area contributed by atoms with Crippen molar-refractivity contribution in [1.29, 1.82) is 0 Å². The fourth-order valence-electron chi connectivity index (χ4n) is 2.53. The number of anilines is 1. The molecule has 0 radical (unpaired) electrons. The van der Waals surface area contributed by atoms with Crippen LogP contribution in [0.25, 0.3) is 20.4 Å². The van der Waals surface area contributed by atoms with Crippen LogP contribution in [0.2, 0.25) is 0 Å². The highest BCUT2D eigenvalue weighted by molar-refractivity contribution is 7.25. The van der Waals surface area contributed by atoms with Gasteiger partial charge in [0.1, 0.15) is 17.0 Å². The van der Waals surface area contributed by atoms with Crippen molar-refractivity contribution in [3.8, 4) is 0 Å². The lowest BCUT2D eigenvalue weighted by Crippen LogP contribution is -2.27. The molecular formula is C14H15N5S. The second-order valence-corrected chi connectivity index (χ2v) is 6.36. The smallest absolute Gasteiger partial charge is 0.149 e. The van der Waals surface area contributed by atoms with Crippen LogP contribution < -0.4 is 5.32 Å². The van der Waals surface area contributed by atoms with Gasteiger partial charge in [0.2, 0.25) is 0 Å². The van der Waals surface area contributed by atoms with E-state index in [0.29, 0.717) is 6.04 Å². The summed E-state index contributed by atoms with van der Waals surface area (Å²) in [5.74, 6) is 0.944. The minimum absolute atomic E-state index is 0.562. The molecule has 1 fully saturated rings. The topological polar surface area (TPSA) is 63.6 Å². The van der Waals surface area contributed by atoms with E-state index in [0.717, 1.165) is 37.5 Å². The third-order valence-corrected chi connectivity index (χ3v) is 5.18. The maximum atomic E-state index is 4.47. The highest BCUT2D eigenvalue weighted by atomic mass is 32.1. The predicted molar refractivity (Wildman–Crippen MR) is 81.2 cm³/mol. The van der Waals surface area contributed by atoms with E-state index in [9.17, 15) is 0 Å². The first-order valence-corrected chi connectivity index (χ1v) is 7.69. The van der Waals surface area contributed by atoms with Crippen LogP contribution in [-0.4, -0.2) is 26.2 Å². The van der Waals surface area contributed by atoms with Crippen molar-refractivity contribution in [3.63, 3.8) is 0 Å². The second-order valence-electron chi connectivity index (χ2n) is 5.36. The molecule has 1 N–H and O–H groups in total. The second kappa shape index (κ2) is 4.34. The summed E-state index contributed by atoms with van der Waals surface area (Å²) in [6, 6.07) is 0.562. The molecule has 0 aliphatic heterocycles. The van der Waals surface area contributed by atoms with E-state index in [2.05, 4.69) is 32.4 Å². The number of nitrogens with one attached hydrogen (secondary N) is 1. The first kappa shape index (κ1) is 12.0. The number of aryl methyl sites for hydroxylation is 2. The van der Waals surface area contributed by atoms with E-state index in [1.54, 1.807) is 17.7 Å². The summed E-state index contributed by atoms with van der Waals surface area (Å²) in [6.07, 6.45) is 5.41. The van der Waals surface area contributed by atoms with Gasteiger partial charge in [-0.2, -0.15) is 5.10 Å². The van der Waals surface area contributed by atoms with Gasteiger partial charge in [0.15, 0.2) is 0 Å². The minimum atomic E-state index is 0.562. The molecule has 1 aliphatic rings. The quantitative estimate of drug-likeness (QED) is 0.783. The van der Waals surface area contributed by atoms with Gasteiger partial charge in [-0.1, -0.05) is 0 Å². The Bertz CT molecular complexity index is 806. The van der Waals surface area contributed by atoms with Crippen molar-refractivity contribution in [2.45, 2.75) is 39.2 Å². The molecule has 0 atom stereocenters. The Morgan fingerprint density at radius 2 is 2.05 bits per heavy atom. The molecule has 20 heavy (non-hydrogen) atoms. The predicted octanol–water partition coefficient (Wildman–Crippen LogP) is 3.22. The van der Waals surface area contributed by atoms with Crippen LogP contribution in [0.4, 0.5) is 5.82 Å². The van der Waals surface area contributed by atoms with Gasteiger partial charge >= 0.3 is 0 Å². The van der Waals surface area contributed by atoms with E-state index in [1.165, 1.54) is 19.3 Å². The SMILES string of the molecule is Cc1nnc2sc3c(NC4CCC4)ncnc3c2c1C. The largest absolute Gasteiger partial charge is 0.366 e. The number of rotatable bonds is 2. The summed E-state index contributed by atoms with van der Waals surface area (Å²) in [5, 5.41) is 13.2. The Hall–Kier alpha value is -1.82. The molecule has 3 heterocycles. The molecule has 0 saturated heterocycles. The van der Waals surface area contributed by atoms with Gasteiger partial charge in [0.25, 0.3) is 0 Å². The molecular weight excluding hydrogens is 270 g/mol. The summed E-state index contributed by atoms with van der Waals surface area (Å²) in [4.78, 5) is 9.84. The van der Waals surface area contributed by atoms with E-state index in [4.69, 9.17) is 0 Å². The normalized spacial score (nSPS) is 15.7. The number of hydrogen-bond donors (Lipinski definition) is 1. The zero-order valence-corrected chi connectivity index (χ0v) is 12.3. The van der Waals surface area contributed by atoms with Crippen molar-refractivity contribution in [1.82, 2.24) is 20.2 Å². The maximum absolute atomic E-state index is 4.47. The zero-order valence-electron chi connectivity index (χ0n) is 11.5. The lowest BCUT2D eigenvalue weighted by molar-refractivity contribution is 0.445. The lowest BCUT2D eigenvalue weighted by Gasteiger charge is -2.26. The van der Waals surface area contributed by atoms with Crippen molar-refractivity contribution in [2.24, 2.45) is 0 Å². The number of fused-ring (bicyclic) bond motifs is 3. The monoisotopic (exact) mass is 285 g/mol. The molecule has 0 amide bonds. The van der Waals surface area contributed by atoms with Gasteiger partial charge < -0.3 is 5.32 Å². The number of aromatic nitrogens is 4. The van der Waals surface area contributed by atoms with Gasteiger partial charge in [-0.15, -0.1) is 16.4 Å². The molecule has 6 heteroatoms. The summed E-state index contributed by atoms with van der Waals surface area (Å²) in [5.41, 5.74) is 3.12. The fourth-order valence-corrected chi connectivity index (χ4v) is 3.62. The van der Waals surface area contributed by atoms with Crippen LogP contribution in [0.15, 0.2) is 6.33 Å². The van der Waals surface area contributed by atoms with Crippen LogP contribution in [0.5, 0.6) is 0 Å². The molecule has 4 rings (SSSR count). The molecule has 0 aromatic carbocycles. The number of hydrogen-bond acceptors (Lipinski definition) is 6. The van der Waals surface area contributed by atoms with E-state index >= 15 is 0 Å². The summed E-state index contributed by atoms with van der Waals surface area (Å²) in [7, 11) is 0. The Balaban J connectivity index is 1.96. The fraction of sp³-hybridized carbons (Fsp3) is 0.429. The van der Waals surface area contributed by atoms with Gasteiger partial charge in [-0.25, -0.2) is 9.97 Å². The van der Waals surface area contributed by atoms with Crippen LogP contribution in [-0.2, 0) is 0 Å². The van der Waals surface area contributed by atoms with Gasteiger partial charge in [-0.3, -0.25) is 0 Å². The van der Waals surface area contributed by atoms with Gasteiger partial charge in [0, 0.05) is 11.4 Å².